The van der Waals surface area contributed by atoms with Gasteiger partial charge in [0.2, 0.25) is 0 Å². The number of rotatable bonds is 8. The molecule has 9 heteroatoms. The van der Waals surface area contributed by atoms with E-state index >= 15 is 0 Å². The first-order valence-electron chi connectivity index (χ1n) is 8.42. The number of anilines is 1. The van der Waals surface area contributed by atoms with E-state index in [1.165, 1.54) is 0 Å². The number of ether oxygens (including phenoxy) is 2. The van der Waals surface area contributed by atoms with Crippen LogP contribution in [0.3, 0.4) is 0 Å². The summed E-state index contributed by atoms with van der Waals surface area (Å²) in [6.07, 6.45) is 1.54. The number of guanidine groups is 1. The summed E-state index contributed by atoms with van der Waals surface area (Å²) in [6.45, 7) is 1.86. The van der Waals surface area contributed by atoms with Gasteiger partial charge in [-0.25, -0.2) is 8.42 Å². The predicted molar refractivity (Wildman–Crippen MR) is 116 cm³/mol. The molecule has 1 aliphatic heterocycles. The van der Waals surface area contributed by atoms with Gasteiger partial charge in [0, 0.05) is 45.5 Å². The number of benzene rings is 1. The number of sulfone groups is 1. The van der Waals surface area contributed by atoms with Crippen molar-refractivity contribution in [2.45, 2.75) is 12.8 Å². The maximum absolute atomic E-state index is 11.5. The topological polar surface area (TPSA) is 89.0 Å². The van der Waals surface area contributed by atoms with E-state index in [0.29, 0.717) is 32.1 Å². The first-order chi connectivity index (χ1) is 12.0. The van der Waals surface area contributed by atoms with Gasteiger partial charge in [-0.05, 0) is 24.5 Å². The Labute approximate surface area is 172 Å². The van der Waals surface area contributed by atoms with Crippen LogP contribution < -0.4 is 15.4 Å². The lowest BCUT2D eigenvalue weighted by Gasteiger charge is -2.15. The number of hydrogen-bond donors (Lipinski definition) is 2. The van der Waals surface area contributed by atoms with Crippen molar-refractivity contribution in [2.75, 3.05) is 50.7 Å². The fourth-order valence-corrected chi connectivity index (χ4v) is 4.51. The summed E-state index contributed by atoms with van der Waals surface area (Å²) in [6, 6.07) is 7.64. The van der Waals surface area contributed by atoms with Crippen molar-refractivity contribution in [3.8, 4) is 5.75 Å². The maximum Gasteiger partial charge on any atom is 0.195 e. The van der Waals surface area contributed by atoms with Crippen LogP contribution in [0.15, 0.2) is 29.3 Å². The molecular weight excluding hydrogens is 469 g/mol. The van der Waals surface area contributed by atoms with E-state index in [9.17, 15) is 8.42 Å². The van der Waals surface area contributed by atoms with E-state index in [-0.39, 0.29) is 41.4 Å². The van der Waals surface area contributed by atoms with Crippen molar-refractivity contribution in [1.29, 1.82) is 0 Å². The Bertz CT molecular complexity index is 682. The van der Waals surface area contributed by atoms with Crippen LogP contribution in [0.25, 0.3) is 0 Å². The number of aliphatic imine (C=N–C) groups is 1. The minimum atomic E-state index is -2.85. The molecule has 0 radical (unpaired) electrons. The van der Waals surface area contributed by atoms with Crippen LogP contribution in [0.4, 0.5) is 5.69 Å². The quantitative estimate of drug-likeness (QED) is 0.248. The lowest BCUT2D eigenvalue weighted by molar-refractivity contribution is 0.172. The zero-order chi connectivity index (χ0) is 18.1. The normalized spacial score (nSPS) is 18.8. The Balaban J connectivity index is 0.00000338. The lowest BCUT2D eigenvalue weighted by Crippen LogP contribution is -2.35. The molecule has 0 saturated carbocycles. The number of methoxy groups -OCH3 is 1. The van der Waals surface area contributed by atoms with Crippen LogP contribution in [0.5, 0.6) is 5.75 Å². The van der Waals surface area contributed by atoms with Crippen LogP contribution >= 0.6 is 24.0 Å². The maximum atomic E-state index is 11.5. The fourth-order valence-electron chi connectivity index (χ4n) is 2.65. The molecule has 2 N–H and O–H groups in total. The minimum Gasteiger partial charge on any atom is -0.493 e. The zero-order valence-corrected chi connectivity index (χ0v) is 18.4. The Hall–Kier alpha value is -1.07. The third-order valence-electron chi connectivity index (χ3n) is 3.97. The molecule has 1 heterocycles. The molecule has 1 aromatic carbocycles. The van der Waals surface area contributed by atoms with E-state index in [0.717, 1.165) is 17.9 Å². The van der Waals surface area contributed by atoms with Gasteiger partial charge < -0.3 is 20.1 Å². The molecule has 1 saturated heterocycles. The van der Waals surface area contributed by atoms with Gasteiger partial charge in [-0.2, -0.15) is 0 Å². The van der Waals surface area contributed by atoms with Gasteiger partial charge in [0.25, 0.3) is 0 Å². The smallest absolute Gasteiger partial charge is 0.195 e. The molecule has 1 fully saturated rings. The van der Waals surface area contributed by atoms with Gasteiger partial charge in [0.1, 0.15) is 5.75 Å². The molecule has 7 nitrogen and oxygen atoms in total. The van der Waals surface area contributed by atoms with Crippen molar-refractivity contribution in [1.82, 2.24) is 5.32 Å². The first-order valence-corrected chi connectivity index (χ1v) is 10.2. The van der Waals surface area contributed by atoms with E-state index in [4.69, 9.17) is 9.47 Å². The SMILES string of the molecule is CN=C(NCC1CCS(=O)(=O)C1)Nc1cccc(OCCCOC)c1.I. The highest BCUT2D eigenvalue weighted by Crippen LogP contribution is 2.19. The van der Waals surface area contributed by atoms with Crippen LogP contribution in [0, 0.1) is 5.92 Å². The molecule has 1 aliphatic rings. The highest BCUT2D eigenvalue weighted by atomic mass is 127. The molecule has 0 spiro atoms. The molecule has 1 atom stereocenters. The summed E-state index contributed by atoms with van der Waals surface area (Å²) >= 11 is 0. The highest BCUT2D eigenvalue weighted by molar-refractivity contribution is 14.0. The summed E-state index contributed by atoms with van der Waals surface area (Å²) in [5.74, 6) is 2.06. The summed E-state index contributed by atoms with van der Waals surface area (Å²) < 4.78 is 33.7. The first kappa shape index (κ1) is 23.0. The average Bonchev–Trinajstić information content (AvgIpc) is 2.95. The molecule has 148 valence electrons. The molecule has 2 rings (SSSR count). The third kappa shape index (κ3) is 8.09. The molecule has 0 aromatic heterocycles. The van der Waals surface area contributed by atoms with Crippen LogP contribution in [-0.4, -0.2) is 59.8 Å². The summed E-state index contributed by atoms with van der Waals surface area (Å²) in [7, 11) is 0.504. The number of hydrogen-bond acceptors (Lipinski definition) is 5. The highest BCUT2D eigenvalue weighted by Gasteiger charge is 2.27. The summed E-state index contributed by atoms with van der Waals surface area (Å²) in [4.78, 5) is 4.18. The minimum absolute atomic E-state index is 0. The Morgan fingerprint density at radius 2 is 2.15 bits per heavy atom. The van der Waals surface area contributed by atoms with Gasteiger partial charge >= 0.3 is 0 Å². The molecule has 0 aliphatic carbocycles. The van der Waals surface area contributed by atoms with Gasteiger partial charge in [-0.3, -0.25) is 4.99 Å². The van der Waals surface area contributed by atoms with E-state index < -0.39 is 9.84 Å². The second kappa shape index (κ2) is 11.6. The third-order valence-corrected chi connectivity index (χ3v) is 5.80. The summed E-state index contributed by atoms with van der Waals surface area (Å²) in [5, 5.41) is 6.39. The lowest BCUT2D eigenvalue weighted by atomic mass is 10.1. The fraction of sp³-hybridized carbons (Fsp3) is 0.588. The standard InChI is InChI=1S/C17H27N3O4S.HI/c1-18-17(19-12-14-7-10-25(21,22)13-14)20-15-5-3-6-16(11-15)24-9-4-8-23-2;/h3,5-6,11,14H,4,7-10,12-13H2,1-2H3,(H2,18,19,20);1H. The Morgan fingerprint density at radius 1 is 1.35 bits per heavy atom. The molecular formula is C17H28IN3O4S. The molecule has 0 amide bonds. The van der Waals surface area contributed by atoms with Crippen molar-refractivity contribution in [3.05, 3.63) is 24.3 Å². The van der Waals surface area contributed by atoms with Gasteiger partial charge in [0.05, 0.1) is 18.1 Å². The average molecular weight is 497 g/mol. The Morgan fingerprint density at radius 3 is 2.81 bits per heavy atom. The largest absolute Gasteiger partial charge is 0.493 e. The number of nitrogens with one attached hydrogen (secondary N) is 2. The number of halogens is 1. The number of nitrogens with zero attached hydrogens (tertiary/aromatic N) is 1. The molecule has 1 aromatic rings. The zero-order valence-electron chi connectivity index (χ0n) is 15.2. The second-order valence-electron chi connectivity index (χ2n) is 6.07. The summed E-state index contributed by atoms with van der Waals surface area (Å²) in [5.41, 5.74) is 0.858. The van der Waals surface area contributed by atoms with Crippen molar-refractivity contribution in [2.24, 2.45) is 10.9 Å². The van der Waals surface area contributed by atoms with Crippen molar-refractivity contribution in [3.63, 3.8) is 0 Å². The molecule has 0 bridgehead atoms. The van der Waals surface area contributed by atoms with Crippen molar-refractivity contribution < 1.29 is 17.9 Å². The van der Waals surface area contributed by atoms with Crippen LogP contribution in [0.1, 0.15) is 12.8 Å². The van der Waals surface area contributed by atoms with Gasteiger partial charge in [-0.1, -0.05) is 6.07 Å². The van der Waals surface area contributed by atoms with E-state index in [1.807, 2.05) is 24.3 Å². The molecule has 26 heavy (non-hydrogen) atoms. The monoisotopic (exact) mass is 497 g/mol. The molecule has 1 unspecified atom stereocenters. The Kier molecular flexibility index (Phi) is 10.3. The predicted octanol–water partition coefficient (Wildman–Crippen LogP) is 2.14. The van der Waals surface area contributed by atoms with Crippen molar-refractivity contribution >= 4 is 45.5 Å². The van der Waals surface area contributed by atoms with Crippen LogP contribution in [0.2, 0.25) is 0 Å². The van der Waals surface area contributed by atoms with E-state index in [1.54, 1.807) is 14.2 Å². The van der Waals surface area contributed by atoms with Gasteiger partial charge in [0.15, 0.2) is 15.8 Å². The second-order valence-corrected chi connectivity index (χ2v) is 8.30. The van der Waals surface area contributed by atoms with Gasteiger partial charge in [-0.15, -0.1) is 24.0 Å². The van der Waals surface area contributed by atoms with E-state index in [2.05, 4.69) is 15.6 Å². The van der Waals surface area contributed by atoms with Crippen LogP contribution in [-0.2, 0) is 14.6 Å².